The molecule has 1 aromatic rings. The molecule has 3 aliphatic rings. The first-order chi connectivity index (χ1) is 13.0. The zero-order valence-electron chi connectivity index (χ0n) is 15.7. The Morgan fingerprint density at radius 2 is 1.78 bits per heavy atom. The summed E-state index contributed by atoms with van der Waals surface area (Å²) in [7, 11) is 0. The van der Waals surface area contributed by atoms with Crippen LogP contribution in [0.4, 0.5) is 18.9 Å². The molecular formula is C20H28F3N3S. The van der Waals surface area contributed by atoms with E-state index in [9.17, 15) is 13.2 Å². The van der Waals surface area contributed by atoms with E-state index in [0.717, 1.165) is 74.9 Å². The van der Waals surface area contributed by atoms with Gasteiger partial charge in [0.15, 0.2) is 0 Å². The van der Waals surface area contributed by atoms with Crippen molar-refractivity contribution >= 4 is 17.4 Å². The topological polar surface area (TPSA) is 18.5 Å². The third kappa shape index (κ3) is 4.10. The summed E-state index contributed by atoms with van der Waals surface area (Å²) >= 11 is 1.88. The highest BCUT2D eigenvalue weighted by atomic mass is 32.2. The molecule has 3 heterocycles. The maximum atomic E-state index is 13.3. The van der Waals surface area contributed by atoms with Gasteiger partial charge in [0.25, 0.3) is 0 Å². The lowest BCUT2D eigenvalue weighted by Crippen LogP contribution is -2.50. The number of halogens is 3. The Hall–Kier alpha value is -0.920. The Kier molecular flexibility index (Phi) is 5.63. The predicted molar refractivity (Wildman–Crippen MR) is 105 cm³/mol. The summed E-state index contributed by atoms with van der Waals surface area (Å²) in [6.45, 7) is 5.55. The molecule has 1 spiro atoms. The molecule has 3 fully saturated rings. The van der Waals surface area contributed by atoms with Crippen molar-refractivity contribution in [1.82, 2.24) is 10.2 Å². The Morgan fingerprint density at radius 1 is 1.04 bits per heavy atom. The van der Waals surface area contributed by atoms with E-state index in [0.29, 0.717) is 0 Å². The third-order valence-corrected chi connectivity index (χ3v) is 7.34. The van der Waals surface area contributed by atoms with Gasteiger partial charge >= 0.3 is 6.18 Å². The van der Waals surface area contributed by atoms with Crippen LogP contribution in [0.15, 0.2) is 18.2 Å². The van der Waals surface area contributed by atoms with E-state index in [1.54, 1.807) is 6.07 Å². The lowest BCUT2D eigenvalue weighted by molar-refractivity contribution is -0.137. The van der Waals surface area contributed by atoms with Gasteiger partial charge in [0.2, 0.25) is 0 Å². The van der Waals surface area contributed by atoms with Gasteiger partial charge in [-0.2, -0.15) is 24.9 Å². The average Bonchev–Trinajstić information content (AvgIpc) is 3.04. The van der Waals surface area contributed by atoms with Crippen molar-refractivity contribution in [3.63, 3.8) is 0 Å². The van der Waals surface area contributed by atoms with Crippen LogP contribution in [-0.4, -0.2) is 54.7 Å². The van der Waals surface area contributed by atoms with Gasteiger partial charge in [-0.15, -0.1) is 0 Å². The smallest absolute Gasteiger partial charge is 0.370 e. The first-order valence-electron chi connectivity index (χ1n) is 9.97. The minimum absolute atomic E-state index is 0.239. The molecule has 27 heavy (non-hydrogen) atoms. The molecule has 7 heteroatoms. The second-order valence-corrected chi connectivity index (χ2v) is 9.16. The van der Waals surface area contributed by atoms with Crippen molar-refractivity contribution in [2.75, 3.05) is 49.1 Å². The molecule has 4 rings (SSSR count). The highest BCUT2D eigenvalue weighted by Gasteiger charge is 2.41. The highest BCUT2D eigenvalue weighted by molar-refractivity contribution is 7.99. The molecule has 1 aromatic carbocycles. The van der Waals surface area contributed by atoms with E-state index in [1.807, 2.05) is 11.8 Å². The monoisotopic (exact) mass is 399 g/mol. The van der Waals surface area contributed by atoms with E-state index in [-0.39, 0.29) is 5.54 Å². The van der Waals surface area contributed by atoms with Gasteiger partial charge in [-0.1, -0.05) is 6.07 Å². The van der Waals surface area contributed by atoms with Crippen LogP contribution in [0.1, 0.15) is 36.8 Å². The van der Waals surface area contributed by atoms with Crippen molar-refractivity contribution in [3.8, 4) is 0 Å². The molecule has 0 unspecified atom stereocenters. The van der Waals surface area contributed by atoms with Crippen molar-refractivity contribution in [1.29, 1.82) is 0 Å². The molecule has 0 aliphatic carbocycles. The Bertz CT molecular complexity index is 652. The Labute approximate surface area is 163 Å². The molecule has 3 saturated heterocycles. The van der Waals surface area contributed by atoms with Crippen molar-refractivity contribution in [2.45, 2.75) is 43.9 Å². The van der Waals surface area contributed by atoms with Gasteiger partial charge in [0.05, 0.1) is 5.56 Å². The Balaban J connectivity index is 1.62. The van der Waals surface area contributed by atoms with Crippen LogP contribution in [0.5, 0.6) is 0 Å². The molecule has 0 amide bonds. The number of anilines is 1. The summed E-state index contributed by atoms with van der Waals surface area (Å²) in [5.74, 6) is 1.96. The zero-order chi connectivity index (χ0) is 18.9. The lowest BCUT2D eigenvalue weighted by atomic mass is 9.85. The van der Waals surface area contributed by atoms with Gasteiger partial charge in [-0.3, -0.25) is 4.90 Å². The maximum absolute atomic E-state index is 13.3. The number of nitrogens with zero attached hydrogens (tertiary/aromatic N) is 2. The van der Waals surface area contributed by atoms with Gasteiger partial charge < -0.3 is 10.2 Å². The largest absolute Gasteiger partial charge is 0.416 e. The standard InChI is InChI=1S/C20H28F3N3S/c21-20(22,23)17-3-2-16(18(14-17)25-10-12-27-13-11-25)15-26-9-1-4-19(26)5-7-24-8-6-19/h2-3,14,24H,1,4-13,15H2. The second kappa shape index (κ2) is 7.84. The third-order valence-electron chi connectivity index (χ3n) is 6.40. The molecule has 0 bridgehead atoms. The number of piperidine rings is 1. The summed E-state index contributed by atoms with van der Waals surface area (Å²) in [6.07, 6.45) is 0.399. The summed E-state index contributed by atoms with van der Waals surface area (Å²) in [5.41, 5.74) is 1.55. The fourth-order valence-corrected chi connectivity index (χ4v) is 5.78. The van der Waals surface area contributed by atoms with Gasteiger partial charge in [0.1, 0.15) is 0 Å². The normalized spacial score (nSPS) is 23.9. The molecule has 0 atom stereocenters. The number of likely N-dealkylation sites (tertiary alicyclic amines) is 1. The molecule has 150 valence electrons. The molecule has 1 N–H and O–H groups in total. The van der Waals surface area contributed by atoms with Crippen LogP contribution in [0.25, 0.3) is 0 Å². The molecule has 0 saturated carbocycles. The summed E-state index contributed by atoms with van der Waals surface area (Å²) < 4.78 is 40.0. The lowest BCUT2D eigenvalue weighted by Gasteiger charge is -2.42. The van der Waals surface area contributed by atoms with E-state index < -0.39 is 11.7 Å². The van der Waals surface area contributed by atoms with E-state index in [2.05, 4.69) is 15.1 Å². The number of alkyl halides is 3. The summed E-state index contributed by atoms with van der Waals surface area (Å²) in [4.78, 5) is 4.71. The van der Waals surface area contributed by atoms with Crippen molar-refractivity contribution < 1.29 is 13.2 Å². The molecule has 3 aliphatic heterocycles. The van der Waals surface area contributed by atoms with Gasteiger partial charge in [0, 0.05) is 42.4 Å². The SMILES string of the molecule is FC(F)(F)c1ccc(CN2CCCC23CCNCC3)c(N2CCSCC2)c1. The van der Waals surface area contributed by atoms with E-state index in [1.165, 1.54) is 25.0 Å². The highest BCUT2D eigenvalue weighted by Crippen LogP contribution is 2.40. The second-order valence-electron chi connectivity index (χ2n) is 7.94. The molecular weight excluding hydrogens is 371 g/mol. The number of rotatable bonds is 3. The first kappa shape index (κ1) is 19.4. The van der Waals surface area contributed by atoms with Crippen LogP contribution < -0.4 is 10.2 Å². The van der Waals surface area contributed by atoms with E-state index >= 15 is 0 Å². The summed E-state index contributed by atoms with van der Waals surface area (Å²) in [5, 5.41) is 3.45. The fourth-order valence-electron chi connectivity index (χ4n) is 4.88. The Morgan fingerprint density at radius 3 is 2.48 bits per heavy atom. The molecule has 0 aromatic heterocycles. The quantitative estimate of drug-likeness (QED) is 0.829. The number of thioether (sulfide) groups is 1. The van der Waals surface area contributed by atoms with Crippen LogP contribution in [0.2, 0.25) is 0 Å². The van der Waals surface area contributed by atoms with Crippen LogP contribution in [0.3, 0.4) is 0 Å². The average molecular weight is 400 g/mol. The number of nitrogens with one attached hydrogen (secondary N) is 1. The van der Waals surface area contributed by atoms with Gasteiger partial charge in [-0.05, 0) is 63.0 Å². The van der Waals surface area contributed by atoms with Gasteiger partial charge in [-0.25, -0.2) is 0 Å². The van der Waals surface area contributed by atoms with Crippen LogP contribution in [-0.2, 0) is 12.7 Å². The van der Waals surface area contributed by atoms with Crippen molar-refractivity contribution in [3.05, 3.63) is 29.3 Å². The molecule has 0 radical (unpaired) electrons. The first-order valence-corrected chi connectivity index (χ1v) is 11.1. The fraction of sp³-hybridized carbons (Fsp3) is 0.700. The zero-order valence-corrected chi connectivity index (χ0v) is 16.5. The summed E-state index contributed by atoms with van der Waals surface area (Å²) in [6, 6.07) is 4.38. The number of hydrogen-bond donors (Lipinski definition) is 1. The number of benzene rings is 1. The molecule has 3 nitrogen and oxygen atoms in total. The minimum atomic E-state index is -4.29. The van der Waals surface area contributed by atoms with Crippen molar-refractivity contribution in [2.24, 2.45) is 0 Å². The van der Waals surface area contributed by atoms with E-state index in [4.69, 9.17) is 0 Å². The minimum Gasteiger partial charge on any atom is -0.370 e. The van der Waals surface area contributed by atoms with Crippen LogP contribution in [0, 0.1) is 0 Å². The predicted octanol–water partition coefficient (Wildman–Crippen LogP) is 3.98. The van der Waals surface area contributed by atoms with Crippen LogP contribution >= 0.6 is 11.8 Å². The number of hydrogen-bond acceptors (Lipinski definition) is 4. The maximum Gasteiger partial charge on any atom is 0.416 e.